The number of hydrogen-bond acceptors (Lipinski definition) is 9. The summed E-state index contributed by atoms with van der Waals surface area (Å²) in [4.78, 5) is 47.6. The maximum Gasteiger partial charge on any atom is 0.410 e. The molecular formula is C28H36N2O8. The lowest BCUT2D eigenvalue weighted by Gasteiger charge is -2.14. The third-order valence-electron chi connectivity index (χ3n) is 5.17. The Labute approximate surface area is 223 Å². The predicted octanol–water partition coefficient (Wildman–Crippen LogP) is 4.20. The zero-order chi connectivity index (χ0) is 27.6. The number of hydrogen-bond donors (Lipinski definition) is 2. The summed E-state index contributed by atoms with van der Waals surface area (Å²) in [6.07, 6.45) is 0.757. The van der Waals surface area contributed by atoms with E-state index < -0.39 is 36.6 Å². The molecule has 0 unspecified atom stereocenters. The Bertz CT molecular complexity index is 919. The molecule has 0 spiro atoms. The van der Waals surface area contributed by atoms with Crippen molar-refractivity contribution in [3.05, 3.63) is 71.8 Å². The van der Waals surface area contributed by atoms with Gasteiger partial charge in [-0.3, -0.25) is 4.79 Å². The number of benzene rings is 2. The summed E-state index contributed by atoms with van der Waals surface area (Å²) < 4.78 is 20.3. The number of alkyl carbamates (subject to hydrolysis) is 1. The van der Waals surface area contributed by atoms with Crippen molar-refractivity contribution < 1.29 is 38.1 Å². The van der Waals surface area contributed by atoms with Crippen LogP contribution in [0.1, 0.15) is 66.7 Å². The highest BCUT2D eigenvalue weighted by Gasteiger charge is 2.16. The number of carbonyl (C=O) groups excluding carboxylic acids is 4. The van der Waals surface area contributed by atoms with Crippen LogP contribution in [0.25, 0.3) is 0 Å². The molecule has 10 heteroatoms. The molecule has 38 heavy (non-hydrogen) atoms. The van der Waals surface area contributed by atoms with E-state index in [0.717, 1.165) is 25.8 Å². The highest BCUT2D eigenvalue weighted by Crippen LogP contribution is 2.07. The van der Waals surface area contributed by atoms with Crippen molar-refractivity contribution in [1.82, 2.24) is 10.6 Å². The Morgan fingerprint density at radius 2 is 1.13 bits per heavy atom. The van der Waals surface area contributed by atoms with Crippen molar-refractivity contribution in [3.63, 3.8) is 0 Å². The van der Waals surface area contributed by atoms with Crippen molar-refractivity contribution in [1.29, 1.82) is 0 Å². The first kappa shape index (κ1) is 30.3. The minimum atomic E-state index is -1.00. The minimum absolute atomic E-state index is 0.214. The third kappa shape index (κ3) is 12.9. The van der Waals surface area contributed by atoms with Gasteiger partial charge < -0.3 is 29.6 Å². The fraction of sp³-hybridized carbons (Fsp3) is 0.429. The number of esters is 3. The Morgan fingerprint density at radius 3 is 1.71 bits per heavy atom. The largest absolute Gasteiger partial charge is 0.425 e. The van der Waals surface area contributed by atoms with E-state index in [9.17, 15) is 19.2 Å². The van der Waals surface area contributed by atoms with E-state index in [1.807, 2.05) is 0 Å². The highest BCUT2D eigenvalue weighted by molar-refractivity contribution is 5.89. The molecule has 0 aliphatic rings. The Kier molecular flexibility index (Phi) is 14.0. The molecule has 1 amide bonds. The molecule has 0 aliphatic carbocycles. The molecule has 0 aliphatic heterocycles. The topological polar surface area (TPSA) is 129 Å². The lowest BCUT2D eigenvalue weighted by Crippen LogP contribution is -2.30. The van der Waals surface area contributed by atoms with Crippen LogP contribution in [-0.2, 0) is 23.7 Å². The van der Waals surface area contributed by atoms with Crippen LogP contribution < -0.4 is 10.6 Å². The number of unbranched alkanes of at least 4 members (excludes halogenated alkanes) is 2. The summed E-state index contributed by atoms with van der Waals surface area (Å²) in [5, 5.41) is 5.88. The van der Waals surface area contributed by atoms with Crippen LogP contribution in [0.5, 0.6) is 0 Å². The first-order chi connectivity index (χ1) is 18.3. The van der Waals surface area contributed by atoms with Crippen LogP contribution in [0.4, 0.5) is 4.79 Å². The van der Waals surface area contributed by atoms with E-state index in [0.29, 0.717) is 30.6 Å². The van der Waals surface area contributed by atoms with Gasteiger partial charge in [0.15, 0.2) is 0 Å². The fourth-order valence-electron chi connectivity index (χ4n) is 3.30. The number of nitrogens with one attached hydrogen (secondary N) is 2. The maximum absolute atomic E-state index is 12.0. The summed E-state index contributed by atoms with van der Waals surface area (Å²) in [6.45, 7) is 4.85. The van der Waals surface area contributed by atoms with Gasteiger partial charge in [0.2, 0.25) is 12.6 Å². The van der Waals surface area contributed by atoms with Gasteiger partial charge in [-0.15, -0.1) is 0 Å². The average Bonchev–Trinajstić information content (AvgIpc) is 2.90. The molecule has 0 heterocycles. The number of amides is 1. The van der Waals surface area contributed by atoms with Gasteiger partial charge in [0.25, 0.3) is 0 Å². The summed E-state index contributed by atoms with van der Waals surface area (Å²) >= 11 is 0. The van der Waals surface area contributed by atoms with E-state index in [1.54, 1.807) is 60.7 Å². The van der Waals surface area contributed by atoms with Gasteiger partial charge in [-0.25, -0.2) is 14.4 Å². The van der Waals surface area contributed by atoms with Crippen LogP contribution in [0.15, 0.2) is 60.7 Å². The third-order valence-corrected chi connectivity index (χ3v) is 5.17. The zero-order valence-electron chi connectivity index (χ0n) is 21.9. The van der Waals surface area contributed by atoms with E-state index in [2.05, 4.69) is 10.6 Å². The van der Waals surface area contributed by atoms with Gasteiger partial charge in [-0.05, 0) is 56.6 Å². The van der Waals surface area contributed by atoms with E-state index in [1.165, 1.54) is 13.8 Å². The molecule has 0 bridgehead atoms. The summed E-state index contributed by atoms with van der Waals surface area (Å²) in [5.41, 5.74) is 0.778. The van der Waals surface area contributed by atoms with Gasteiger partial charge in [-0.2, -0.15) is 0 Å². The molecule has 206 valence electrons. The minimum Gasteiger partial charge on any atom is -0.425 e. The molecule has 2 N–H and O–H groups in total. The highest BCUT2D eigenvalue weighted by atomic mass is 16.7. The molecule has 2 rings (SSSR count). The van der Waals surface area contributed by atoms with Gasteiger partial charge in [0.1, 0.15) is 0 Å². The SMILES string of the molecule is C[C@@H](OC(=O)CCCNCCCCCNC(=O)O[C@H](C)OC(=O)c1ccccc1)OC(=O)c1ccccc1. The first-order valence-electron chi connectivity index (χ1n) is 12.7. The van der Waals surface area contributed by atoms with Crippen molar-refractivity contribution in [2.45, 2.75) is 58.5 Å². The average molecular weight is 529 g/mol. The van der Waals surface area contributed by atoms with Crippen LogP contribution in [0.2, 0.25) is 0 Å². The predicted molar refractivity (Wildman–Crippen MR) is 139 cm³/mol. The summed E-state index contributed by atoms with van der Waals surface area (Å²) in [5.74, 6) is -1.53. The maximum atomic E-state index is 12.0. The van der Waals surface area contributed by atoms with E-state index in [4.69, 9.17) is 18.9 Å². The molecule has 2 atom stereocenters. The second-order valence-corrected chi connectivity index (χ2v) is 8.41. The normalized spacial score (nSPS) is 12.1. The van der Waals surface area contributed by atoms with Crippen LogP contribution in [0, 0.1) is 0 Å². The number of rotatable bonds is 16. The lowest BCUT2D eigenvalue weighted by atomic mass is 10.2. The monoisotopic (exact) mass is 528 g/mol. The Morgan fingerprint density at radius 1 is 0.632 bits per heavy atom. The first-order valence-corrected chi connectivity index (χ1v) is 12.7. The van der Waals surface area contributed by atoms with Crippen molar-refractivity contribution in [3.8, 4) is 0 Å². The molecule has 0 aromatic heterocycles. The second kappa shape index (κ2) is 17.5. The quantitative estimate of drug-likeness (QED) is 0.187. The molecule has 10 nitrogen and oxygen atoms in total. The number of carbonyl (C=O) groups is 4. The smallest absolute Gasteiger partial charge is 0.410 e. The Hall–Kier alpha value is -3.92. The molecule has 0 radical (unpaired) electrons. The van der Waals surface area contributed by atoms with Crippen molar-refractivity contribution in [2.75, 3.05) is 19.6 Å². The van der Waals surface area contributed by atoms with Gasteiger partial charge >= 0.3 is 24.0 Å². The molecule has 0 fully saturated rings. The van der Waals surface area contributed by atoms with Gasteiger partial charge in [0, 0.05) is 26.8 Å². The van der Waals surface area contributed by atoms with Crippen LogP contribution >= 0.6 is 0 Å². The molecule has 2 aromatic carbocycles. The molecular weight excluding hydrogens is 492 g/mol. The van der Waals surface area contributed by atoms with Crippen molar-refractivity contribution >= 4 is 24.0 Å². The standard InChI is InChI=1S/C28H36N2O8/c1-21(36-26(32)23-13-6-3-7-14-23)35-25(31)17-12-19-29-18-10-5-11-20-30-28(34)38-22(2)37-27(33)24-15-8-4-9-16-24/h3-4,6-9,13-16,21-22,29H,5,10-12,17-20H2,1-2H3,(H,30,34)/t21-,22+/m0/s1. The lowest BCUT2D eigenvalue weighted by molar-refractivity contribution is -0.165. The molecule has 0 saturated heterocycles. The fourth-order valence-corrected chi connectivity index (χ4v) is 3.30. The zero-order valence-corrected chi connectivity index (χ0v) is 21.9. The Balaban J connectivity index is 1.41. The molecule has 0 saturated carbocycles. The summed E-state index contributed by atoms with van der Waals surface area (Å²) in [7, 11) is 0. The van der Waals surface area contributed by atoms with Crippen LogP contribution in [0.3, 0.4) is 0 Å². The van der Waals surface area contributed by atoms with E-state index in [-0.39, 0.29) is 6.42 Å². The second-order valence-electron chi connectivity index (χ2n) is 8.41. The van der Waals surface area contributed by atoms with Crippen LogP contribution in [-0.4, -0.2) is 56.2 Å². The number of ether oxygens (including phenoxy) is 4. The van der Waals surface area contributed by atoms with Gasteiger partial charge in [0.05, 0.1) is 11.1 Å². The summed E-state index contributed by atoms with van der Waals surface area (Å²) in [6, 6.07) is 17.0. The van der Waals surface area contributed by atoms with E-state index >= 15 is 0 Å². The molecule has 2 aromatic rings. The van der Waals surface area contributed by atoms with Gasteiger partial charge in [-0.1, -0.05) is 42.8 Å². The van der Waals surface area contributed by atoms with Crippen molar-refractivity contribution in [2.24, 2.45) is 0 Å².